The first-order valence-electron chi connectivity index (χ1n) is 9.16. The quantitative estimate of drug-likeness (QED) is 0.790. The van der Waals surface area contributed by atoms with E-state index in [1.165, 1.54) is 16.8 Å². The van der Waals surface area contributed by atoms with Gasteiger partial charge in [-0.25, -0.2) is 0 Å². The SMILES string of the molecule is COCCCN1CC2(COc3cc4c(cc32)OCOC4)c2ccccc21. The number of para-hydroxylation sites is 1. The van der Waals surface area contributed by atoms with Gasteiger partial charge in [0.25, 0.3) is 0 Å². The molecule has 5 rings (SSSR count). The molecule has 5 nitrogen and oxygen atoms in total. The standard InChI is InChI=1S/C21H23NO4/c1-23-8-4-7-22-12-21(16-5-2-3-6-18(16)22)13-25-20-9-15-11-24-14-26-19(15)10-17(20)21/h2-3,5-6,9-10H,4,7-8,11-14H2,1H3. The maximum atomic E-state index is 6.17. The van der Waals surface area contributed by atoms with E-state index in [4.69, 9.17) is 18.9 Å². The van der Waals surface area contributed by atoms with Crippen molar-refractivity contribution in [2.75, 3.05) is 45.1 Å². The molecular formula is C21H23NO4. The molecule has 3 aliphatic heterocycles. The van der Waals surface area contributed by atoms with Gasteiger partial charge in [-0.1, -0.05) is 18.2 Å². The third-order valence-corrected chi connectivity index (χ3v) is 5.71. The van der Waals surface area contributed by atoms with Crippen LogP contribution in [-0.2, 0) is 21.5 Å². The lowest BCUT2D eigenvalue weighted by atomic mass is 9.77. The minimum atomic E-state index is -0.129. The predicted molar refractivity (Wildman–Crippen MR) is 98.1 cm³/mol. The number of nitrogens with zero attached hydrogens (tertiary/aromatic N) is 1. The van der Waals surface area contributed by atoms with Crippen LogP contribution in [-0.4, -0.2) is 40.2 Å². The highest BCUT2D eigenvalue weighted by molar-refractivity contribution is 5.70. The third-order valence-electron chi connectivity index (χ3n) is 5.71. The van der Waals surface area contributed by atoms with E-state index in [-0.39, 0.29) is 5.41 Å². The summed E-state index contributed by atoms with van der Waals surface area (Å²) in [5.74, 6) is 1.89. The summed E-state index contributed by atoms with van der Waals surface area (Å²) in [4.78, 5) is 2.47. The number of ether oxygens (including phenoxy) is 4. The Morgan fingerprint density at radius 2 is 2.04 bits per heavy atom. The van der Waals surface area contributed by atoms with E-state index in [9.17, 15) is 0 Å². The zero-order valence-electron chi connectivity index (χ0n) is 15.0. The Balaban J connectivity index is 1.57. The molecule has 136 valence electrons. The molecule has 1 spiro atoms. The van der Waals surface area contributed by atoms with Crippen molar-refractivity contribution in [3.8, 4) is 11.5 Å². The summed E-state index contributed by atoms with van der Waals surface area (Å²) in [6.45, 7) is 4.26. The maximum Gasteiger partial charge on any atom is 0.189 e. The van der Waals surface area contributed by atoms with E-state index in [1.54, 1.807) is 7.11 Å². The number of hydrogen-bond acceptors (Lipinski definition) is 5. The number of hydrogen-bond donors (Lipinski definition) is 0. The monoisotopic (exact) mass is 353 g/mol. The Hall–Kier alpha value is -2.24. The second-order valence-corrected chi connectivity index (χ2v) is 7.22. The average Bonchev–Trinajstić information content (AvgIpc) is 3.20. The zero-order valence-corrected chi connectivity index (χ0v) is 15.0. The minimum Gasteiger partial charge on any atom is -0.492 e. The largest absolute Gasteiger partial charge is 0.492 e. The van der Waals surface area contributed by atoms with Crippen molar-refractivity contribution >= 4 is 5.69 Å². The smallest absolute Gasteiger partial charge is 0.189 e. The lowest BCUT2D eigenvalue weighted by Crippen LogP contribution is -2.36. The summed E-state index contributed by atoms with van der Waals surface area (Å²) in [5, 5.41) is 0. The topological polar surface area (TPSA) is 40.2 Å². The van der Waals surface area contributed by atoms with Gasteiger partial charge in [-0.3, -0.25) is 0 Å². The molecule has 0 aliphatic carbocycles. The van der Waals surface area contributed by atoms with Gasteiger partial charge in [0.05, 0.1) is 12.0 Å². The molecule has 0 aromatic heterocycles. The lowest BCUT2D eigenvalue weighted by molar-refractivity contribution is -0.0165. The highest BCUT2D eigenvalue weighted by Gasteiger charge is 2.50. The maximum absolute atomic E-state index is 6.17. The summed E-state index contributed by atoms with van der Waals surface area (Å²) < 4.78 is 22.6. The first-order chi connectivity index (χ1) is 12.8. The summed E-state index contributed by atoms with van der Waals surface area (Å²) in [6.07, 6.45) is 1.01. The summed E-state index contributed by atoms with van der Waals surface area (Å²) in [7, 11) is 1.76. The molecule has 0 saturated carbocycles. The molecular weight excluding hydrogens is 330 g/mol. The van der Waals surface area contributed by atoms with Gasteiger partial charge in [0.15, 0.2) is 6.79 Å². The second kappa shape index (κ2) is 6.18. The van der Waals surface area contributed by atoms with Crippen LogP contribution in [0.4, 0.5) is 5.69 Å². The number of rotatable bonds is 4. The lowest BCUT2D eigenvalue weighted by Gasteiger charge is -2.26. The van der Waals surface area contributed by atoms with E-state index in [0.29, 0.717) is 20.0 Å². The fraction of sp³-hybridized carbons (Fsp3) is 0.429. The first kappa shape index (κ1) is 16.0. The van der Waals surface area contributed by atoms with Crippen LogP contribution in [0.2, 0.25) is 0 Å². The average molecular weight is 353 g/mol. The van der Waals surface area contributed by atoms with E-state index in [2.05, 4.69) is 41.3 Å². The van der Waals surface area contributed by atoms with Gasteiger partial charge in [-0.05, 0) is 30.2 Å². The van der Waals surface area contributed by atoms with Crippen LogP contribution in [0, 0.1) is 0 Å². The molecule has 1 atom stereocenters. The molecule has 0 saturated heterocycles. The molecule has 26 heavy (non-hydrogen) atoms. The number of fused-ring (bicyclic) bond motifs is 5. The molecule has 5 heteroatoms. The Kier molecular flexibility index (Phi) is 3.80. The van der Waals surface area contributed by atoms with E-state index in [0.717, 1.165) is 43.2 Å². The molecule has 0 fully saturated rings. The van der Waals surface area contributed by atoms with Crippen LogP contribution >= 0.6 is 0 Å². The Morgan fingerprint density at radius 1 is 1.12 bits per heavy atom. The second-order valence-electron chi connectivity index (χ2n) is 7.22. The number of benzene rings is 2. The van der Waals surface area contributed by atoms with Crippen LogP contribution in [0.3, 0.4) is 0 Å². The van der Waals surface area contributed by atoms with Crippen LogP contribution in [0.1, 0.15) is 23.1 Å². The van der Waals surface area contributed by atoms with E-state index >= 15 is 0 Å². The van der Waals surface area contributed by atoms with Gasteiger partial charge in [0.1, 0.15) is 18.1 Å². The van der Waals surface area contributed by atoms with Crippen molar-refractivity contribution in [1.82, 2.24) is 0 Å². The van der Waals surface area contributed by atoms with Gasteiger partial charge in [0.2, 0.25) is 0 Å². The summed E-state index contributed by atoms with van der Waals surface area (Å²) >= 11 is 0. The van der Waals surface area contributed by atoms with Crippen LogP contribution in [0.25, 0.3) is 0 Å². The van der Waals surface area contributed by atoms with Crippen molar-refractivity contribution in [2.24, 2.45) is 0 Å². The fourth-order valence-corrected chi connectivity index (χ4v) is 4.48. The van der Waals surface area contributed by atoms with Gasteiger partial charge in [-0.2, -0.15) is 0 Å². The minimum absolute atomic E-state index is 0.129. The normalized spacial score (nSPS) is 22.6. The molecule has 0 N–H and O–H groups in total. The van der Waals surface area contributed by atoms with Crippen LogP contribution in [0.15, 0.2) is 36.4 Å². The number of methoxy groups -OCH3 is 1. The molecule has 1 unspecified atom stereocenters. The Labute approximate surface area is 153 Å². The highest BCUT2D eigenvalue weighted by Crippen LogP contribution is 2.53. The fourth-order valence-electron chi connectivity index (χ4n) is 4.48. The number of anilines is 1. The Morgan fingerprint density at radius 3 is 2.96 bits per heavy atom. The molecule has 0 radical (unpaired) electrons. The van der Waals surface area contributed by atoms with Gasteiger partial charge >= 0.3 is 0 Å². The van der Waals surface area contributed by atoms with Gasteiger partial charge < -0.3 is 23.8 Å². The van der Waals surface area contributed by atoms with Gasteiger partial charge in [-0.15, -0.1) is 0 Å². The Bertz CT molecular complexity index is 837. The summed E-state index contributed by atoms with van der Waals surface area (Å²) in [5.41, 5.74) is 4.83. The highest BCUT2D eigenvalue weighted by atomic mass is 16.7. The predicted octanol–water partition coefficient (Wildman–Crippen LogP) is 3.09. The summed E-state index contributed by atoms with van der Waals surface area (Å²) in [6, 6.07) is 13.0. The van der Waals surface area contributed by atoms with Crippen molar-refractivity contribution in [3.05, 3.63) is 53.1 Å². The van der Waals surface area contributed by atoms with Crippen molar-refractivity contribution in [1.29, 1.82) is 0 Å². The van der Waals surface area contributed by atoms with Crippen molar-refractivity contribution < 1.29 is 18.9 Å². The van der Waals surface area contributed by atoms with Gasteiger partial charge in [0, 0.05) is 43.6 Å². The van der Waals surface area contributed by atoms with Crippen molar-refractivity contribution in [2.45, 2.75) is 18.4 Å². The third kappa shape index (κ3) is 2.31. The van der Waals surface area contributed by atoms with E-state index < -0.39 is 0 Å². The molecule has 2 aromatic carbocycles. The molecule has 3 aliphatic rings. The molecule has 0 amide bonds. The van der Waals surface area contributed by atoms with Crippen LogP contribution < -0.4 is 14.4 Å². The zero-order chi connectivity index (χ0) is 17.6. The van der Waals surface area contributed by atoms with E-state index in [1.807, 2.05) is 0 Å². The molecule has 2 aromatic rings. The first-order valence-corrected chi connectivity index (χ1v) is 9.16. The van der Waals surface area contributed by atoms with Crippen LogP contribution in [0.5, 0.6) is 11.5 Å². The molecule has 3 heterocycles. The van der Waals surface area contributed by atoms with Crippen molar-refractivity contribution in [3.63, 3.8) is 0 Å². The molecule has 0 bridgehead atoms.